The van der Waals surface area contributed by atoms with Crippen LogP contribution in [-0.2, 0) is 0 Å². The molecule has 18 heavy (non-hydrogen) atoms. The summed E-state index contributed by atoms with van der Waals surface area (Å²) in [5.74, 6) is 0.775. The first-order valence-corrected chi connectivity index (χ1v) is 5.44. The third-order valence-corrected chi connectivity index (χ3v) is 2.84. The van der Waals surface area contributed by atoms with Crippen LogP contribution in [0, 0.1) is 0 Å². The molecular weight excluding hydrogens is 230 g/mol. The molecule has 0 amide bonds. The highest BCUT2D eigenvalue weighted by Gasteiger charge is 2.11. The number of aromatic nitrogens is 1. The largest absolute Gasteiger partial charge is 0.437 e. The van der Waals surface area contributed by atoms with Gasteiger partial charge in [0, 0.05) is 23.2 Å². The monoisotopic (exact) mass is 239 g/mol. The minimum atomic E-state index is 0.260. The molecule has 3 aromatic rings. The molecule has 0 N–H and O–H groups in total. The molecule has 0 bridgehead atoms. The molecule has 0 aliphatic carbocycles. The number of fused-ring (bicyclic) bond motifs is 1. The Bertz CT molecular complexity index is 736. The van der Waals surface area contributed by atoms with Gasteiger partial charge in [-0.1, -0.05) is 18.2 Å². The number of furan rings is 1. The van der Waals surface area contributed by atoms with E-state index >= 15 is 0 Å². The minimum Gasteiger partial charge on any atom is -0.437 e. The molecule has 1 aromatic carbocycles. The number of hydrogen-bond acceptors (Lipinski definition) is 3. The highest BCUT2D eigenvalue weighted by atomic mass is 16.4. The number of para-hydroxylation sites is 1. The molecule has 0 saturated carbocycles. The van der Waals surface area contributed by atoms with E-state index in [1.165, 1.54) is 0 Å². The molecule has 0 unspecified atom stereocenters. The summed E-state index contributed by atoms with van der Waals surface area (Å²) >= 11 is 0. The molecule has 0 saturated heterocycles. The van der Waals surface area contributed by atoms with Crippen LogP contribution in [0.2, 0.25) is 0 Å². The number of nitrogens with zero attached hydrogens (tertiary/aromatic N) is 1. The molecule has 3 rings (SSSR count). The molecule has 0 atom stereocenters. The molecule has 2 heterocycles. The first kappa shape index (κ1) is 10.5. The topological polar surface area (TPSA) is 52.2 Å². The summed E-state index contributed by atoms with van der Waals surface area (Å²) in [5.41, 5.74) is 1.46. The number of benzene rings is 1. The Morgan fingerprint density at radius 3 is 2.56 bits per heavy atom. The van der Waals surface area contributed by atoms with Crippen LogP contribution in [-0.4, -0.2) is 17.1 Å². The van der Waals surface area contributed by atoms with Crippen molar-refractivity contribution in [1.29, 1.82) is 0 Å². The van der Waals surface area contributed by atoms with Crippen LogP contribution in [0.5, 0.6) is 0 Å². The zero-order valence-corrected chi connectivity index (χ0v) is 9.37. The summed E-state index contributed by atoms with van der Waals surface area (Å²) in [6.45, 7) is 0. The highest BCUT2D eigenvalue weighted by Crippen LogP contribution is 2.24. The van der Waals surface area contributed by atoms with Crippen molar-refractivity contribution < 1.29 is 14.0 Å². The normalized spacial score (nSPS) is 10.7. The van der Waals surface area contributed by atoms with Crippen LogP contribution in [0.4, 0.5) is 0 Å². The summed E-state index contributed by atoms with van der Waals surface area (Å²) in [5, 5.41) is 0.858. The van der Waals surface area contributed by atoms with Gasteiger partial charge in [0.25, 0.3) is 0 Å². The van der Waals surface area contributed by atoms with Crippen LogP contribution in [0.1, 0.15) is 20.9 Å². The molecule has 0 aliphatic heterocycles. The van der Waals surface area contributed by atoms with Crippen molar-refractivity contribution >= 4 is 23.5 Å². The van der Waals surface area contributed by atoms with Crippen LogP contribution in [0.25, 0.3) is 16.8 Å². The van der Waals surface area contributed by atoms with E-state index in [9.17, 15) is 9.59 Å². The summed E-state index contributed by atoms with van der Waals surface area (Å²) in [6.07, 6.45) is 3.16. The van der Waals surface area contributed by atoms with Gasteiger partial charge in [0.1, 0.15) is 0 Å². The van der Waals surface area contributed by atoms with Gasteiger partial charge in [0.15, 0.2) is 18.3 Å². The van der Waals surface area contributed by atoms with Gasteiger partial charge in [-0.2, -0.15) is 0 Å². The fraction of sp³-hybridized carbons (Fsp3) is 0. The van der Waals surface area contributed by atoms with Crippen molar-refractivity contribution in [2.24, 2.45) is 0 Å². The lowest BCUT2D eigenvalue weighted by Crippen LogP contribution is -1.88. The second kappa shape index (κ2) is 4.00. The SMILES string of the molecule is O=Cc1ccc(-n2cc(C=O)c3ccccc32)o1. The van der Waals surface area contributed by atoms with Crippen LogP contribution < -0.4 is 0 Å². The molecule has 0 aliphatic rings. The van der Waals surface area contributed by atoms with Crippen molar-refractivity contribution in [3.05, 3.63) is 53.9 Å². The number of aldehydes is 2. The molecule has 4 nitrogen and oxygen atoms in total. The van der Waals surface area contributed by atoms with E-state index in [2.05, 4.69) is 0 Å². The number of hydrogen-bond donors (Lipinski definition) is 0. The second-order valence-corrected chi connectivity index (χ2v) is 3.88. The third kappa shape index (κ3) is 1.47. The minimum absolute atomic E-state index is 0.260. The zero-order chi connectivity index (χ0) is 12.5. The lowest BCUT2D eigenvalue weighted by molar-refractivity contribution is 0.109. The predicted octanol–water partition coefficient (Wildman–Crippen LogP) is 2.85. The van der Waals surface area contributed by atoms with E-state index in [4.69, 9.17) is 4.42 Å². The first-order chi connectivity index (χ1) is 8.83. The Morgan fingerprint density at radius 2 is 1.83 bits per heavy atom. The summed E-state index contributed by atoms with van der Waals surface area (Å²) < 4.78 is 7.12. The number of carbonyl (C=O) groups excluding carboxylic acids is 2. The van der Waals surface area contributed by atoms with Gasteiger partial charge >= 0.3 is 0 Å². The van der Waals surface area contributed by atoms with Crippen LogP contribution in [0.3, 0.4) is 0 Å². The van der Waals surface area contributed by atoms with Gasteiger partial charge in [-0.05, 0) is 12.1 Å². The smallest absolute Gasteiger partial charge is 0.204 e. The second-order valence-electron chi connectivity index (χ2n) is 3.88. The Morgan fingerprint density at radius 1 is 1.00 bits per heavy atom. The van der Waals surface area contributed by atoms with E-state index in [0.29, 0.717) is 17.7 Å². The summed E-state index contributed by atoms with van der Waals surface area (Å²) in [7, 11) is 0. The number of carbonyl (C=O) groups is 2. The maximum absolute atomic E-state index is 11.0. The first-order valence-electron chi connectivity index (χ1n) is 5.44. The maximum atomic E-state index is 11.0. The molecule has 0 radical (unpaired) electrons. The average molecular weight is 239 g/mol. The van der Waals surface area contributed by atoms with Crippen molar-refractivity contribution in [1.82, 2.24) is 4.57 Å². The van der Waals surface area contributed by atoms with Crippen molar-refractivity contribution in [2.45, 2.75) is 0 Å². The van der Waals surface area contributed by atoms with E-state index in [0.717, 1.165) is 17.2 Å². The Hall–Kier alpha value is -2.62. The van der Waals surface area contributed by atoms with E-state index in [1.54, 1.807) is 22.9 Å². The fourth-order valence-electron chi connectivity index (χ4n) is 2.02. The lowest BCUT2D eigenvalue weighted by Gasteiger charge is -1.99. The summed E-state index contributed by atoms with van der Waals surface area (Å²) in [4.78, 5) is 21.6. The molecule has 2 aromatic heterocycles. The van der Waals surface area contributed by atoms with Crippen molar-refractivity contribution in [2.75, 3.05) is 0 Å². The standard InChI is InChI=1S/C14H9NO3/c16-8-10-7-15(13-4-2-1-3-12(10)13)14-6-5-11(9-17)18-14/h1-9H. The van der Waals surface area contributed by atoms with Gasteiger partial charge < -0.3 is 4.42 Å². The molecule has 0 spiro atoms. The van der Waals surface area contributed by atoms with E-state index in [-0.39, 0.29) is 5.76 Å². The Kier molecular flexibility index (Phi) is 2.34. The lowest BCUT2D eigenvalue weighted by atomic mass is 10.2. The fourth-order valence-corrected chi connectivity index (χ4v) is 2.02. The average Bonchev–Trinajstić information content (AvgIpc) is 3.02. The highest BCUT2D eigenvalue weighted by molar-refractivity contribution is 5.98. The van der Waals surface area contributed by atoms with Crippen LogP contribution in [0.15, 0.2) is 47.0 Å². The predicted molar refractivity (Wildman–Crippen MR) is 66.3 cm³/mol. The van der Waals surface area contributed by atoms with Crippen molar-refractivity contribution in [3.8, 4) is 5.88 Å². The molecule has 88 valence electrons. The van der Waals surface area contributed by atoms with E-state index in [1.807, 2.05) is 24.3 Å². The molecule has 0 fully saturated rings. The van der Waals surface area contributed by atoms with Gasteiger partial charge in [0.2, 0.25) is 5.88 Å². The van der Waals surface area contributed by atoms with Gasteiger partial charge in [-0.3, -0.25) is 14.2 Å². The third-order valence-electron chi connectivity index (χ3n) is 2.84. The van der Waals surface area contributed by atoms with Crippen LogP contribution >= 0.6 is 0 Å². The van der Waals surface area contributed by atoms with Gasteiger partial charge in [-0.25, -0.2) is 0 Å². The van der Waals surface area contributed by atoms with E-state index < -0.39 is 0 Å². The summed E-state index contributed by atoms with van der Waals surface area (Å²) in [6, 6.07) is 10.8. The van der Waals surface area contributed by atoms with Crippen molar-refractivity contribution in [3.63, 3.8) is 0 Å². The van der Waals surface area contributed by atoms with Gasteiger partial charge in [-0.15, -0.1) is 0 Å². The Balaban J connectivity index is 2.28. The maximum Gasteiger partial charge on any atom is 0.204 e. The van der Waals surface area contributed by atoms with Gasteiger partial charge in [0.05, 0.1) is 5.52 Å². The molecule has 4 heteroatoms. The zero-order valence-electron chi connectivity index (χ0n) is 9.37. The Labute approximate surface area is 102 Å². The molecular formula is C14H9NO3. The number of rotatable bonds is 3. The quantitative estimate of drug-likeness (QED) is 0.660.